The second-order valence-corrected chi connectivity index (χ2v) is 2.69. The van der Waals surface area contributed by atoms with Crippen molar-refractivity contribution in [3.63, 3.8) is 0 Å². The molecule has 2 heterocycles. The van der Waals surface area contributed by atoms with Gasteiger partial charge in [-0.2, -0.15) is 0 Å². The Morgan fingerprint density at radius 3 is 3.07 bits per heavy atom. The molecule has 0 radical (unpaired) electrons. The van der Waals surface area contributed by atoms with Crippen LogP contribution in [0.4, 0.5) is 0 Å². The predicted molar refractivity (Wildman–Crippen MR) is 56.2 cm³/mol. The van der Waals surface area contributed by atoms with E-state index >= 15 is 0 Å². The number of aromatic nitrogens is 3. The van der Waals surface area contributed by atoms with Crippen molar-refractivity contribution in [3.05, 3.63) is 30.5 Å². The molecule has 0 atom stereocenters. The minimum Gasteiger partial charge on any atom is -0.461 e. The van der Waals surface area contributed by atoms with Crippen LogP contribution in [0.1, 0.15) is 17.4 Å². The maximum Gasteiger partial charge on any atom is 0.358 e. The number of esters is 1. The molecule has 0 aliphatic heterocycles. The fourth-order valence-corrected chi connectivity index (χ4v) is 1.15. The van der Waals surface area contributed by atoms with E-state index in [2.05, 4.69) is 9.97 Å². The number of rotatable bonds is 2. The molecule has 0 aliphatic carbocycles. The Morgan fingerprint density at radius 2 is 2.40 bits per heavy atom. The Balaban J connectivity index is 0.00000112. The maximum absolute atomic E-state index is 11.3. The zero-order valence-corrected chi connectivity index (χ0v) is 8.90. The lowest BCUT2D eigenvalue weighted by molar-refractivity contribution is 0.0520. The largest absolute Gasteiger partial charge is 0.461 e. The second-order valence-electron chi connectivity index (χ2n) is 2.69. The molecule has 0 saturated heterocycles. The van der Waals surface area contributed by atoms with Gasteiger partial charge >= 0.3 is 5.97 Å². The van der Waals surface area contributed by atoms with Gasteiger partial charge in [-0.3, -0.25) is 4.98 Å². The first-order valence-corrected chi connectivity index (χ1v) is 4.27. The first kappa shape index (κ1) is 11.5. The molecule has 2 aromatic heterocycles. The molecule has 2 rings (SSSR count). The maximum atomic E-state index is 11.3. The molecule has 0 N–H and O–H groups in total. The summed E-state index contributed by atoms with van der Waals surface area (Å²) in [5.74, 6) is -0.406. The molecule has 0 aromatic carbocycles. The fraction of sp³-hybridized carbons (Fsp3) is 0.222. The van der Waals surface area contributed by atoms with Crippen LogP contribution in [0, 0.1) is 0 Å². The summed E-state index contributed by atoms with van der Waals surface area (Å²) in [5, 5.41) is 0. The average molecular weight is 228 g/mol. The zero-order chi connectivity index (χ0) is 9.97. The van der Waals surface area contributed by atoms with Crippen LogP contribution in [0.15, 0.2) is 24.8 Å². The number of carbonyl (C=O) groups is 1. The van der Waals surface area contributed by atoms with Crippen molar-refractivity contribution >= 4 is 24.0 Å². The summed E-state index contributed by atoms with van der Waals surface area (Å²) in [7, 11) is 0. The van der Waals surface area contributed by atoms with E-state index in [0.717, 1.165) is 0 Å². The Kier molecular flexibility index (Phi) is 3.62. The standard InChI is InChI=1S/C9H9N3O2.ClH/c1-2-14-9(13)7-6-12-4-3-10-5-8(12)11-7;/h3-6H,2H2,1H3;1H. The van der Waals surface area contributed by atoms with Crippen molar-refractivity contribution in [1.29, 1.82) is 0 Å². The topological polar surface area (TPSA) is 56.5 Å². The summed E-state index contributed by atoms with van der Waals surface area (Å²) in [6, 6.07) is 0. The molecule has 0 aliphatic rings. The fourth-order valence-electron chi connectivity index (χ4n) is 1.15. The molecule has 6 heteroatoms. The summed E-state index contributed by atoms with van der Waals surface area (Å²) in [6.45, 7) is 2.11. The lowest BCUT2D eigenvalue weighted by atomic mass is 10.5. The first-order valence-electron chi connectivity index (χ1n) is 4.27. The van der Waals surface area contributed by atoms with Gasteiger partial charge in [0.15, 0.2) is 11.3 Å². The van der Waals surface area contributed by atoms with Gasteiger partial charge in [0.1, 0.15) is 0 Å². The van der Waals surface area contributed by atoms with Gasteiger partial charge in [0.2, 0.25) is 0 Å². The number of ether oxygens (including phenoxy) is 1. The lowest BCUT2D eigenvalue weighted by Crippen LogP contribution is -2.04. The second kappa shape index (κ2) is 4.75. The predicted octanol–water partition coefficient (Wildman–Crippen LogP) is 1.33. The van der Waals surface area contributed by atoms with E-state index in [-0.39, 0.29) is 12.4 Å². The molecule has 0 amide bonds. The molecule has 0 unspecified atom stereocenters. The lowest BCUT2D eigenvalue weighted by Gasteiger charge is -1.94. The molecule has 0 bridgehead atoms. The quantitative estimate of drug-likeness (QED) is 0.727. The Bertz CT molecular complexity index is 436. The highest BCUT2D eigenvalue weighted by Crippen LogP contribution is 2.04. The SMILES string of the molecule is CCOC(=O)c1cn2ccncc2n1.Cl. The van der Waals surface area contributed by atoms with Crippen LogP contribution in [0.3, 0.4) is 0 Å². The van der Waals surface area contributed by atoms with E-state index in [1.165, 1.54) is 0 Å². The highest BCUT2D eigenvalue weighted by molar-refractivity contribution is 5.87. The summed E-state index contributed by atoms with van der Waals surface area (Å²) in [5.41, 5.74) is 0.940. The smallest absolute Gasteiger partial charge is 0.358 e. The minimum atomic E-state index is -0.406. The van der Waals surface area contributed by atoms with Crippen molar-refractivity contribution < 1.29 is 9.53 Å². The van der Waals surface area contributed by atoms with Crippen molar-refractivity contribution in [2.45, 2.75) is 6.92 Å². The van der Waals surface area contributed by atoms with Crippen molar-refractivity contribution in [2.24, 2.45) is 0 Å². The number of nitrogens with zero attached hydrogens (tertiary/aromatic N) is 3. The Morgan fingerprint density at radius 1 is 1.60 bits per heavy atom. The number of hydrogen-bond acceptors (Lipinski definition) is 4. The van der Waals surface area contributed by atoms with Crippen LogP contribution >= 0.6 is 12.4 Å². The minimum absolute atomic E-state index is 0. The van der Waals surface area contributed by atoms with Crippen LogP contribution in [-0.2, 0) is 4.74 Å². The summed E-state index contributed by atoms with van der Waals surface area (Å²) in [4.78, 5) is 19.2. The van der Waals surface area contributed by atoms with Gasteiger partial charge in [0.25, 0.3) is 0 Å². The molecular formula is C9H10ClN3O2. The van der Waals surface area contributed by atoms with E-state index in [4.69, 9.17) is 4.74 Å². The average Bonchev–Trinajstić information content (AvgIpc) is 2.61. The number of halogens is 1. The molecule has 80 valence electrons. The third kappa shape index (κ3) is 2.24. The summed E-state index contributed by atoms with van der Waals surface area (Å²) < 4.78 is 6.54. The van der Waals surface area contributed by atoms with Crippen molar-refractivity contribution in [2.75, 3.05) is 6.61 Å². The van der Waals surface area contributed by atoms with Crippen LogP contribution < -0.4 is 0 Å². The monoisotopic (exact) mass is 227 g/mol. The van der Waals surface area contributed by atoms with Gasteiger partial charge in [0.05, 0.1) is 12.8 Å². The van der Waals surface area contributed by atoms with Crippen LogP contribution in [0.2, 0.25) is 0 Å². The zero-order valence-electron chi connectivity index (χ0n) is 8.08. The van der Waals surface area contributed by atoms with Gasteiger partial charge in [-0.25, -0.2) is 9.78 Å². The van der Waals surface area contributed by atoms with E-state index < -0.39 is 5.97 Å². The van der Waals surface area contributed by atoms with Crippen molar-refractivity contribution in [1.82, 2.24) is 14.4 Å². The number of carbonyl (C=O) groups excluding carboxylic acids is 1. The Labute approximate surface area is 92.5 Å². The highest BCUT2D eigenvalue weighted by atomic mass is 35.5. The van der Waals surface area contributed by atoms with Gasteiger partial charge in [0, 0.05) is 18.6 Å². The summed E-state index contributed by atoms with van der Waals surface area (Å²) in [6.07, 6.45) is 6.56. The number of imidazole rings is 1. The van der Waals surface area contributed by atoms with Gasteiger partial charge < -0.3 is 9.14 Å². The molecule has 0 spiro atoms. The molecule has 0 fully saturated rings. The molecule has 0 saturated carbocycles. The first-order chi connectivity index (χ1) is 6.81. The van der Waals surface area contributed by atoms with E-state index in [1.807, 2.05) is 0 Å². The molecule has 5 nitrogen and oxygen atoms in total. The molecule has 15 heavy (non-hydrogen) atoms. The van der Waals surface area contributed by atoms with Gasteiger partial charge in [-0.15, -0.1) is 12.4 Å². The molecule has 2 aromatic rings. The molecular weight excluding hydrogens is 218 g/mol. The van der Waals surface area contributed by atoms with Crippen molar-refractivity contribution in [3.8, 4) is 0 Å². The van der Waals surface area contributed by atoms with E-state index in [9.17, 15) is 4.79 Å². The van der Waals surface area contributed by atoms with Crippen LogP contribution in [-0.4, -0.2) is 26.9 Å². The van der Waals surface area contributed by atoms with Gasteiger partial charge in [-0.05, 0) is 6.92 Å². The Hall–Kier alpha value is -1.62. The third-order valence-electron chi connectivity index (χ3n) is 1.75. The number of hydrogen-bond donors (Lipinski definition) is 0. The van der Waals surface area contributed by atoms with E-state index in [1.54, 1.807) is 36.1 Å². The highest BCUT2D eigenvalue weighted by Gasteiger charge is 2.10. The third-order valence-corrected chi connectivity index (χ3v) is 1.75. The van der Waals surface area contributed by atoms with Gasteiger partial charge in [-0.1, -0.05) is 0 Å². The normalized spacial score (nSPS) is 9.67. The number of fused-ring (bicyclic) bond motifs is 1. The van der Waals surface area contributed by atoms with Crippen LogP contribution in [0.5, 0.6) is 0 Å². The van der Waals surface area contributed by atoms with E-state index in [0.29, 0.717) is 17.9 Å². The van der Waals surface area contributed by atoms with Crippen LogP contribution in [0.25, 0.3) is 5.65 Å². The summed E-state index contributed by atoms with van der Waals surface area (Å²) >= 11 is 0.